The average Bonchev–Trinajstić information content (AvgIpc) is 2.99. The van der Waals surface area contributed by atoms with Crippen molar-refractivity contribution in [3.63, 3.8) is 0 Å². The third-order valence-electron chi connectivity index (χ3n) is 3.79. The molecule has 0 radical (unpaired) electrons. The molecule has 0 aliphatic heterocycles. The monoisotopic (exact) mass is 346 g/mol. The van der Waals surface area contributed by atoms with Crippen LogP contribution in [0.5, 0.6) is 5.75 Å². The van der Waals surface area contributed by atoms with Gasteiger partial charge in [0.15, 0.2) is 0 Å². The summed E-state index contributed by atoms with van der Waals surface area (Å²) in [5.41, 5.74) is 2.08. The summed E-state index contributed by atoms with van der Waals surface area (Å²) in [7, 11) is 1.59. The molecule has 7 heteroatoms. The van der Waals surface area contributed by atoms with Crippen LogP contribution in [0.3, 0.4) is 0 Å². The van der Waals surface area contributed by atoms with Gasteiger partial charge in [0, 0.05) is 11.4 Å². The Balaban J connectivity index is 2.31. The number of carbonyl (C=O) groups excluding carboxylic acids is 1. The third kappa shape index (κ3) is 4.12. The first-order valence-electron chi connectivity index (χ1n) is 8.03. The number of carboxylic acids is 1. The first-order valence-corrected chi connectivity index (χ1v) is 8.03. The van der Waals surface area contributed by atoms with Gasteiger partial charge in [0.05, 0.1) is 25.8 Å². The summed E-state index contributed by atoms with van der Waals surface area (Å²) in [5, 5.41) is 12.5. The fourth-order valence-electron chi connectivity index (χ4n) is 2.61. The zero-order valence-corrected chi connectivity index (χ0v) is 14.5. The molecule has 1 aromatic carbocycles. The van der Waals surface area contributed by atoms with Crippen LogP contribution in [0, 0.1) is 0 Å². The fraction of sp³-hybridized carbons (Fsp3) is 0.333. The van der Waals surface area contributed by atoms with Crippen LogP contribution in [0.4, 0.5) is 5.69 Å². The Hall–Kier alpha value is -2.96. The number of benzene rings is 1. The van der Waals surface area contributed by atoms with Crippen molar-refractivity contribution in [1.82, 2.24) is 4.98 Å². The molecule has 1 heterocycles. The first kappa shape index (κ1) is 18.4. The lowest BCUT2D eigenvalue weighted by atomic mass is 10.1. The smallest absolute Gasteiger partial charge is 0.352 e. The molecule has 0 aliphatic carbocycles. The van der Waals surface area contributed by atoms with Crippen LogP contribution in [-0.2, 0) is 17.7 Å². The van der Waals surface area contributed by atoms with Crippen LogP contribution in [0.1, 0.15) is 46.0 Å². The Morgan fingerprint density at radius 1 is 1.20 bits per heavy atom. The van der Waals surface area contributed by atoms with Crippen molar-refractivity contribution in [2.45, 2.75) is 26.8 Å². The van der Waals surface area contributed by atoms with Crippen molar-refractivity contribution < 1.29 is 24.2 Å². The van der Waals surface area contributed by atoms with E-state index in [9.17, 15) is 14.7 Å². The molecule has 2 rings (SSSR count). The van der Waals surface area contributed by atoms with Gasteiger partial charge >= 0.3 is 11.9 Å². The molecule has 0 saturated heterocycles. The number of aromatic carboxylic acids is 1. The van der Waals surface area contributed by atoms with E-state index in [1.165, 1.54) is 0 Å². The molecule has 0 amide bonds. The normalized spacial score (nSPS) is 10.4. The molecule has 2 aromatic rings. The van der Waals surface area contributed by atoms with E-state index in [0.717, 1.165) is 11.4 Å². The zero-order valence-electron chi connectivity index (χ0n) is 14.5. The number of hydrogen-bond acceptors (Lipinski definition) is 5. The lowest BCUT2D eigenvalue weighted by Crippen LogP contribution is -2.11. The quantitative estimate of drug-likeness (QED) is 0.635. The molecule has 1 aromatic heterocycles. The highest BCUT2D eigenvalue weighted by molar-refractivity contribution is 5.98. The first-order chi connectivity index (χ1) is 12.0. The summed E-state index contributed by atoms with van der Waals surface area (Å²) in [6, 6.07) is 7.29. The molecule has 0 spiro atoms. The van der Waals surface area contributed by atoms with E-state index in [4.69, 9.17) is 9.47 Å². The summed E-state index contributed by atoms with van der Waals surface area (Å²) in [4.78, 5) is 26.6. The van der Waals surface area contributed by atoms with Crippen molar-refractivity contribution >= 4 is 17.6 Å². The Kier molecular flexibility index (Phi) is 6.05. The molecule has 0 aliphatic rings. The number of rotatable bonds is 8. The Bertz CT molecular complexity index is 750. The van der Waals surface area contributed by atoms with Crippen molar-refractivity contribution in [1.29, 1.82) is 0 Å². The van der Waals surface area contributed by atoms with Gasteiger partial charge in [-0.1, -0.05) is 6.92 Å². The minimum atomic E-state index is -1.10. The summed E-state index contributed by atoms with van der Waals surface area (Å²) in [6.45, 7) is 4.00. The lowest BCUT2D eigenvalue weighted by molar-refractivity contribution is 0.0524. The minimum Gasteiger partial charge on any atom is -0.497 e. The van der Waals surface area contributed by atoms with E-state index in [0.29, 0.717) is 23.2 Å². The predicted octanol–water partition coefficient (Wildman–Crippen LogP) is 3.07. The molecule has 0 saturated carbocycles. The van der Waals surface area contributed by atoms with Crippen molar-refractivity contribution in [2.75, 3.05) is 19.0 Å². The standard InChI is InChI=1S/C18H22N2O5/c1-4-13-15(18(23)25-5-2)14(20-16(13)17(21)22)10-19-11-6-8-12(24-3)9-7-11/h6-9,19-20H,4-5,10H2,1-3H3,(H,21,22). The molecule has 134 valence electrons. The van der Waals surface area contributed by atoms with Crippen LogP contribution in [0.15, 0.2) is 24.3 Å². The highest BCUT2D eigenvalue weighted by atomic mass is 16.5. The van der Waals surface area contributed by atoms with Gasteiger partial charge in [-0.2, -0.15) is 0 Å². The van der Waals surface area contributed by atoms with E-state index in [-0.39, 0.29) is 18.8 Å². The van der Waals surface area contributed by atoms with Crippen molar-refractivity contribution in [3.8, 4) is 5.75 Å². The molecule has 0 fully saturated rings. The van der Waals surface area contributed by atoms with Gasteiger partial charge in [-0.15, -0.1) is 0 Å². The number of hydrogen-bond donors (Lipinski definition) is 3. The molecular weight excluding hydrogens is 324 g/mol. The van der Waals surface area contributed by atoms with Crippen molar-refractivity contribution in [2.24, 2.45) is 0 Å². The predicted molar refractivity (Wildman–Crippen MR) is 93.4 cm³/mol. The topological polar surface area (TPSA) is 101 Å². The summed E-state index contributed by atoms with van der Waals surface area (Å²) in [6.07, 6.45) is 0.412. The molecule has 7 nitrogen and oxygen atoms in total. The zero-order chi connectivity index (χ0) is 18.4. The van der Waals surface area contributed by atoms with Crippen LogP contribution in [0.2, 0.25) is 0 Å². The maximum Gasteiger partial charge on any atom is 0.352 e. The lowest BCUT2D eigenvalue weighted by Gasteiger charge is -2.09. The number of H-pyrrole nitrogens is 1. The number of aromatic nitrogens is 1. The maximum absolute atomic E-state index is 12.3. The number of esters is 1. The molecule has 0 unspecified atom stereocenters. The van der Waals surface area contributed by atoms with Gasteiger partial charge < -0.3 is 24.9 Å². The molecule has 0 atom stereocenters. The second-order valence-electron chi connectivity index (χ2n) is 5.29. The Morgan fingerprint density at radius 3 is 2.40 bits per heavy atom. The van der Waals surface area contributed by atoms with Crippen LogP contribution < -0.4 is 10.1 Å². The van der Waals surface area contributed by atoms with Gasteiger partial charge in [0.2, 0.25) is 0 Å². The number of nitrogens with one attached hydrogen (secondary N) is 2. The maximum atomic E-state index is 12.3. The molecular formula is C18H22N2O5. The molecule has 3 N–H and O–H groups in total. The SMILES string of the molecule is CCOC(=O)c1c(CNc2ccc(OC)cc2)[nH]c(C(=O)O)c1CC. The second kappa shape index (κ2) is 8.23. The average molecular weight is 346 g/mol. The van der Waals surface area contributed by atoms with E-state index in [1.807, 2.05) is 24.3 Å². The summed E-state index contributed by atoms with van der Waals surface area (Å²) < 4.78 is 10.2. The van der Waals surface area contributed by atoms with E-state index in [2.05, 4.69) is 10.3 Å². The Labute approximate surface area is 146 Å². The summed E-state index contributed by atoms with van der Waals surface area (Å²) >= 11 is 0. The van der Waals surface area contributed by atoms with Gasteiger partial charge in [-0.05, 0) is 43.2 Å². The minimum absolute atomic E-state index is 0.0251. The van der Waals surface area contributed by atoms with Gasteiger partial charge in [0.25, 0.3) is 0 Å². The van der Waals surface area contributed by atoms with E-state index in [1.54, 1.807) is 21.0 Å². The highest BCUT2D eigenvalue weighted by Crippen LogP contribution is 2.23. The van der Waals surface area contributed by atoms with Crippen LogP contribution >= 0.6 is 0 Å². The third-order valence-corrected chi connectivity index (χ3v) is 3.79. The van der Waals surface area contributed by atoms with Crippen molar-refractivity contribution in [3.05, 3.63) is 46.8 Å². The Morgan fingerprint density at radius 2 is 1.88 bits per heavy atom. The van der Waals surface area contributed by atoms with Gasteiger partial charge in [-0.25, -0.2) is 9.59 Å². The van der Waals surface area contributed by atoms with Crippen LogP contribution in [-0.4, -0.2) is 35.7 Å². The number of anilines is 1. The fourth-order valence-corrected chi connectivity index (χ4v) is 2.61. The van der Waals surface area contributed by atoms with Gasteiger partial charge in [0.1, 0.15) is 11.4 Å². The van der Waals surface area contributed by atoms with Crippen LogP contribution in [0.25, 0.3) is 0 Å². The number of carboxylic acid groups (broad SMARTS) is 1. The molecule has 25 heavy (non-hydrogen) atoms. The number of aromatic amines is 1. The van der Waals surface area contributed by atoms with E-state index >= 15 is 0 Å². The largest absolute Gasteiger partial charge is 0.497 e. The molecule has 0 bridgehead atoms. The number of methoxy groups -OCH3 is 1. The van der Waals surface area contributed by atoms with E-state index < -0.39 is 11.9 Å². The highest BCUT2D eigenvalue weighted by Gasteiger charge is 2.25. The van der Waals surface area contributed by atoms with Gasteiger partial charge in [-0.3, -0.25) is 0 Å². The number of carbonyl (C=O) groups is 2. The number of ether oxygens (including phenoxy) is 2. The second-order valence-corrected chi connectivity index (χ2v) is 5.29. The summed E-state index contributed by atoms with van der Waals surface area (Å²) in [5.74, 6) is -0.883.